The lowest BCUT2D eigenvalue weighted by molar-refractivity contribution is -0.134. The maximum atomic E-state index is 11.3. The summed E-state index contributed by atoms with van der Waals surface area (Å²) in [6.07, 6.45) is 3.98. The Morgan fingerprint density at radius 3 is 2.20 bits per heavy atom. The van der Waals surface area contributed by atoms with Crippen LogP contribution in [0.25, 0.3) is 0 Å². The number of carboxylic acids is 1. The molecular formula is C9H20NO4P. The van der Waals surface area contributed by atoms with Gasteiger partial charge in [0.25, 0.3) is 0 Å². The summed E-state index contributed by atoms with van der Waals surface area (Å²) in [7, 11) is -3.43. The highest BCUT2D eigenvalue weighted by Gasteiger charge is 2.21. The topological polar surface area (TPSA) is 101 Å². The third-order valence-electron chi connectivity index (χ3n) is 2.09. The zero-order chi connectivity index (χ0) is 11.7. The van der Waals surface area contributed by atoms with Crippen LogP contribution in [0.5, 0.6) is 0 Å². The Hall–Kier alpha value is -0.380. The zero-order valence-electron chi connectivity index (χ0n) is 8.89. The fourth-order valence-corrected chi connectivity index (χ4v) is 2.62. The van der Waals surface area contributed by atoms with E-state index in [1.165, 1.54) is 0 Å². The number of hydrogen-bond acceptors (Lipinski definition) is 3. The van der Waals surface area contributed by atoms with Crippen LogP contribution in [0.1, 0.15) is 32.1 Å². The number of unbranched alkanes of at least 4 members (excludes halogenated alkanes) is 4. The molecule has 4 N–H and O–H groups in total. The van der Waals surface area contributed by atoms with Crippen LogP contribution in [-0.4, -0.2) is 34.8 Å². The molecule has 1 atom stereocenters. The van der Waals surface area contributed by atoms with Crippen LogP contribution in [-0.2, 0) is 9.36 Å². The molecule has 1 unspecified atom stereocenters. The second kappa shape index (κ2) is 7.85. The van der Waals surface area contributed by atoms with E-state index in [0.29, 0.717) is 13.0 Å². The Morgan fingerprint density at radius 2 is 1.67 bits per heavy atom. The quantitative estimate of drug-likeness (QED) is 0.414. The predicted molar refractivity (Wildman–Crippen MR) is 59.3 cm³/mol. The Morgan fingerprint density at radius 1 is 1.13 bits per heavy atom. The average molecular weight is 237 g/mol. The average Bonchev–Trinajstić information content (AvgIpc) is 2.08. The Bertz CT molecular complexity index is 232. The van der Waals surface area contributed by atoms with Gasteiger partial charge in [-0.2, -0.15) is 0 Å². The third kappa shape index (κ3) is 9.91. The molecule has 0 saturated heterocycles. The fraction of sp³-hybridized carbons (Fsp3) is 0.889. The lowest BCUT2D eigenvalue weighted by Crippen LogP contribution is -2.05. The van der Waals surface area contributed by atoms with Crippen LogP contribution in [0.15, 0.2) is 0 Å². The molecule has 15 heavy (non-hydrogen) atoms. The molecule has 0 bridgehead atoms. The molecule has 0 aromatic heterocycles. The lowest BCUT2D eigenvalue weighted by Gasteiger charge is -2.08. The number of carbonyl (C=O) groups is 1. The lowest BCUT2D eigenvalue weighted by atomic mass is 10.2. The minimum absolute atomic E-state index is 0.113. The molecule has 0 radical (unpaired) electrons. The molecule has 0 rings (SSSR count). The van der Waals surface area contributed by atoms with Gasteiger partial charge in [-0.05, 0) is 19.4 Å². The summed E-state index contributed by atoms with van der Waals surface area (Å²) in [6, 6.07) is 0. The second-order valence-electron chi connectivity index (χ2n) is 3.68. The van der Waals surface area contributed by atoms with Crippen molar-refractivity contribution in [2.24, 2.45) is 5.73 Å². The van der Waals surface area contributed by atoms with E-state index in [2.05, 4.69) is 0 Å². The first-order valence-electron chi connectivity index (χ1n) is 5.20. The number of hydrogen-bond donors (Lipinski definition) is 3. The Kier molecular flexibility index (Phi) is 7.65. The summed E-state index contributed by atoms with van der Waals surface area (Å²) in [6.45, 7) is 0.678. The Balaban J connectivity index is 3.49. The monoisotopic (exact) mass is 237 g/mol. The molecule has 0 saturated carbocycles. The van der Waals surface area contributed by atoms with Gasteiger partial charge < -0.3 is 15.7 Å². The van der Waals surface area contributed by atoms with Gasteiger partial charge in [-0.3, -0.25) is 9.36 Å². The summed E-state index contributed by atoms with van der Waals surface area (Å²) in [5.41, 5.74) is 5.32. The Labute approximate surface area is 90.1 Å². The first-order valence-corrected chi connectivity index (χ1v) is 7.23. The summed E-state index contributed by atoms with van der Waals surface area (Å²) >= 11 is 0. The molecule has 90 valence electrons. The standard InChI is InChI=1S/C9H20NO4P/c10-6-4-2-1-3-5-7-15(13,14)8-9(11)12/h1-8,10H2,(H,11,12)(H,13,14). The fourth-order valence-electron chi connectivity index (χ4n) is 1.32. The van der Waals surface area contributed by atoms with Gasteiger partial charge in [0, 0.05) is 6.16 Å². The normalized spacial score (nSPS) is 14.8. The van der Waals surface area contributed by atoms with Crippen LogP contribution in [0.3, 0.4) is 0 Å². The number of aliphatic carboxylic acids is 1. The van der Waals surface area contributed by atoms with E-state index in [4.69, 9.17) is 10.8 Å². The first-order chi connectivity index (χ1) is 6.98. The van der Waals surface area contributed by atoms with Crippen molar-refractivity contribution in [2.75, 3.05) is 18.9 Å². The summed E-state index contributed by atoms with van der Waals surface area (Å²) in [5.74, 6) is -1.20. The highest BCUT2D eigenvalue weighted by atomic mass is 31.2. The van der Waals surface area contributed by atoms with Gasteiger partial charge in [0.15, 0.2) is 0 Å². The van der Waals surface area contributed by atoms with Crippen molar-refractivity contribution in [3.05, 3.63) is 0 Å². The van der Waals surface area contributed by atoms with E-state index in [9.17, 15) is 14.3 Å². The maximum absolute atomic E-state index is 11.3. The molecule has 0 spiro atoms. The molecule has 0 aliphatic rings. The second-order valence-corrected chi connectivity index (χ2v) is 6.13. The van der Waals surface area contributed by atoms with Gasteiger partial charge in [-0.1, -0.05) is 19.3 Å². The van der Waals surface area contributed by atoms with Crippen LogP contribution in [0.4, 0.5) is 0 Å². The molecule has 5 nitrogen and oxygen atoms in total. The van der Waals surface area contributed by atoms with Crippen molar-refractivity contribution in [3.63, 3.8) is 0 Å². The molecule has 0 fully saturated rings. The highest BCUT2D eigenvalue weighted by Crippen LogP contribution is 2.41. The van der Waals surface area contributed by atoms with E-state index < -0.39 is 19.5 Å². The van der Waals surface area contributed by atoms with Gasteiger partial charge in [-0.25, -0.2) is 0 Å². The third-order valence-corrected chi connectivity index (χ3v) is 3.87. The molecule has 6 heteroatoms. The highest BCUT2D eigenvalue weighted by molar-refractivity contribution is 7.58. The van der Waals surface area contributed by atoms with E-state index in [0.717, 1.165) is 25.7 Å². The van der Waals surface area contributed by atoms with Crippen molar-refractivity contribution in [3.8, 4) is 0 Å². The van der Waals surface area contributed by atoms with E-state index in [-0.39, 0.29) is 6.16 Å². The van der Waals surface area contributed by atoms with Gasteiger partial charge in [0.05, 0.1) is 0 Å². The minimum Gasteiger partial charge on any atom is -0.481 e. The molecular weight excluding hydrogens is 217 g/mol. The van der Waals surface area contributed by atoms with Crippen LogP contribution < -0.4 is 5.73 Å². The smallest absolute Gasteiger partial charge is 0.313 e. The van der Waals surface area contributed by atoms with E-state index >= 15 is 0 Å². The molecule has 0 aliphatic heterocycles. The summed E-state index contributed by atoms with van der Waals surface area (Å²) in [4.78, 5) is 19.5. The molecule has 0 aromatic rings. The first kappa shape index (κ1) is 14.6. The van der Waals surface area contributed by atoms with Crippen molar-refractivity contribution < 1.29 is 19.4 Å². The van der Waals surface area contributed by atoms with Crippen molar-refractivity contribution in [1.82, 2.24) is 0 Å². The van der Waals surface area contributed by atoms with Gasteiger partial charge >= 0.3 is 5.97 Å². The number of carboxylic acid groups (broad SMARTS) is 1. The van der Waals surface area contributed by atoms with E-state index in [1.807, 2.05) is 0 Å². The molecule has 0 amide bonds. The van der Waals surface area contributed by atoms with Gasteiger partial charge in [0.2, 0.25) is 7.37 Å². The van der Waals surface area contributed by atoms with Crippen LogP contribution in [0, 0.1) is 0 Å². The van der Waals surface area contributed by atoms with Gasteiger partial charge in [0.1, 0.15) is 6.16 Å². The zero-order valence-corrected chi connectivity index (χ0v) is 9.79. The van der Waals surface area contributed by atoms with Crippen LogP contribution in [0.2, 0.25) is 0 Å². The summed E-state index contributed by atoms with van der Waals surface area (Å²) < 4.78 is 11.3. The number of nitrogens with two attached hydrogens (primary N) is 1. The molecule has 0 aromatic carbocycles. The maximum Gasteiger partial charge on any atom is 0.313 e. The molecule has 0 heterocycles. The van der Waals surface area contributed by atoms with E-state index in [1.54, 1.807) is 0 Å². The minimum atomic E-state index is -3.43. The van der Waals surface area contributed by atoms with Crippen molar-refractivity contribution in [2.45, 2.75) is 32.1 Å². The number of rotatable bonds is 9. The van der Waals surface area contributed by atoms with Crippen molar-refractivity contribution in [1.29, 1.82) is 0 Å². The van der Waals surface area contributed by atoms with Crippen LogP contribution >= 0.6 is 7.37 Å². The summed E-state index contributed by atoms with van der Waals surface area (Å²) in [5, 5.41) is 8.38. The molecule has 0 aliphatic carbocycles. The van der Waals surface area contributed by atoms with Gasteiger partial charge in [-0.15, -0.1) is 0 Å². The SMILES string of the molecule is NCCCCCCCP(=O)(O)CC(=O)O. The predicted octanol–water partition coefficient (Wildman–Crippen LogP) is 1.25. The largest absolute Gasteiger partial charge is 0.481 e. The van der Waals surface area contributed by atoms with Crippen molar-refractivity contribution >= 4 is 13.3 Å².